The van der Waals surface area contributed by atoms with Crippen LogP contribution in [0.5, 0.6) is 17.2 Å². The van der Waals surface area contributed by atoms with Gasteiger partial charge in [-0.2, -0.15) is 0 Å². The Balaban J connectivity index is 1.42. The molecule has 0 aliphatic heterocycles. The topological polar surface area (TPSA) is 119 Å². The van der Waals surface area contributed by atoms with E-state index in [0.717, 1.165) is 23.3 Å². The molecule has 2 amide bonds. The SMILES string of the molecule is O=C(Nc1ccc(-c2ccc(NC(=O)c3cc(O)c(O)c(O)c3)cc2)cc1)c1ccccc1. The molecule has 164 valence electrons. The van der Waals surface area contributed by atoms with Crippen LogP contribution in [0.3, 0.4) is 0 Å². The molecule has 0 bridgehead atoms. The van der Waals surface area contributed by atoms with Crippen LogP contribution >= 0.6 is 0 Å². The lowest BCUT2D eigenvalue weighted by molar-refractivity contribution is 0.101. The molecule has 5 N–H and O–H groups in total. The number of benzene rings is 4. The lowest BCUT2D eigenvalue weighted by Crippen LogP contribution is -2.11. The molecular weight excluding hydrogens is 420 g/mol. The smallest absolute Gasteiger partial charge is 0.255 e. The third kappa shape index (κ3) is 4.94. The third-order valence-corrected chi connectivity index (χ3v) is 4.99. The van der Waals surface area contributed by atoms with Crippen molar-refractivity contribution in [3.63, 3.8) is 0 Å². The van der Waals surface area contributed by atoms with Gasteiger partial charge in [-0.15, -0.1) is 0 Å². The van der Waals surface area contributed by atoms with Gasteiger partial charge >= 0.3 is 0 Å². The number of hydrogen-bond donors (Lipinski definition) is 5. The highest BCUT2D eigenvalue weighted by atomic mass is 16.3. The zero-order valence-electron chi connectivity index (χ0n) is 17.3. The summed E-state index contributed by atoms with van der Waals surface area (Å²) in [7, 11) is 0. The van der Waals surface area contributed by atoms with Gasteiger partial charge in [0.2, 0.25) is 0 Å². The van der Waals surface area contributed by atoms with Crippen LogP contribution in [0.2, 0.25) is 0 Å². The Hall–Kier alpha value is -4.78. The Bertz CT molecular complexity index is 1280. The van der Waals surface area contributed by atoms with Crippen molar-refractivity contribution < 1.29 is 24.9 Å². The molecule has 4 aromatic rings. The lowest BCUT2D eigenvalue weighted by Gasteiger charge is -2.09. The molecule has 0 saturated carbocycles. The zero-order chi connectivity index (χ0) is 23.4. The number of rotatable bonds is 5. The van der Waals surface area contributed by atoms with Crippen LogP contribution in [0.15, 0.2) is 91.0 Å². The summed E-state index contributed by atoms with van der Waals surface area (Å²) in [6.45, 7) is 0. The molecule has 0 aromatic heterocycles. The Morgan fingerprint density at radius 1 is 0.545 bits per heavy atom. The maximum Gasteiger partial charge on any atom is 0.255 e. The highest BCUT2D eigenvalue weighted by Crippen LogP contribution is 2.35. The zero-order valence-corrected chi connectivity index (χ0v) is 17.3. The van der Waals surface area contributed by atoms with Crippen LogP contribution in [-0.2, 0) is 0 Å². The second-order valence-corrected chi connectivity index (χ2v) is 7.29. The maximum absolute atomic E-state index is 12.4. The number of carbonyl (C=O) groups excluding carboxylic acids is 2. The fraction of sp³-hybridized carbons (Fsp3) is 0. The fourth-order valence-electron chi connectivity index (χ4n) is 3.22. The van der Waals surface area contributed by atoms with E-state index in [0.29, 0.717) is 16.9 Å². The first kappa shape index (κ1) is 21.5. The van der Waals surface area contributed by atoms with Crippen LogP contribution < -0.4 is 10.6 Å². The summed E-state index contributed by atoms with van der Waals surface area (Å²) in [4.78, 5) is 24.6. The third-order valence-electron chi connectivity index (χ3n) is 4.99. The van der Waals surface area contributed by atoms with Gasteiger partial charge in [-0.25, -0.2) is 0 Å². The van der Waals surface area contributed by atoms with Crippen molar-refractivity contribution in [2.75, 3.05) is 10.6 Å². The Morgan fingerprint density at radius 2 is 0.970 bits per heavy atom. The second-order valence-electron chi connectivity index (χ2n) is 7.29. The van der Waals surface area contributed by atoms with E-state index in [1.54, 1.807) is 24.3 Å². The molecule has 4 aromatic carbocycles. The lowest BCUT2D eigenvalue weighted by atomic mass is 10.0. The quantitative estimate of drug-likeness (QED) is 0.281. The number of aromatic hydroxyl groups is 3. The molecule has 0 spiro atoms. The van der Waals surface area contributed by atoms with Gasteiger partial charge in [0, 0.05) is 22.5 Å². The number of nitrogens with one attached hydrogen (secondary N) is 2. The summed E-state index contributed by atoms with van der Waals surface area (Å²) >= 11 is 0. The molecule has 0 saturated heterocycles. The first-order valence-corrected chi connectivity index (χ1v) is 10.0. The predicted octanol–water partition coefficient (Wildman–Crippen LogP) is 4.98. The van der Waals surface area contributed by atoms with Crippen LogP contribution in [0, 0.1) is 0 Å². The van der Waals surface area contributed by atoms with Crippen LogP contribution in [0.1, 0.15) is 20.7 Å². The number of carbonyl (C=O) groups is 2. The van der Waals surface area contributed by atoms with E-state index in [-0.39, 0.29) is 11.5 Å². The van der Waals surface area contributed by atoms with Crippen molar-refractivity contribution in [2.24, 2.45) is 0 Å². The van der Waals surface area contributed by atoms with Crippen molar-refractivity contribution in [3.05, 3.63) is 102 Å². The summed E-state index contributed by atoms with van der Waals surface area (Å²) in [5, 5.41) is 34.1. The molecule has 7 heteroatoms. The molecule has 0 aliphatic rings. The molecule has 7 nitrogen and oxygen atoms in total. The van der Waals surface area contributed by atoms with Gasteiger partial charge in [-0.05, 0) is 59.7 Å². The molecule has 0 unspecified atom stereocenters. The summed E-state index contributed by atoms with van der Waals surface area (Å²) < 4.78 is 0. The van der Waals surface area contributed by atoms with E-state index in [1.807, 2.05) is 54.6 Å². The number of anilines is 2. The first-order chi connectivity index (χ1) is 15.9. The minimum Gasteiger partial charge on any atom is -0.504 e. The molecule has 4 rings (SSSR count). The molecule has 0 radical (unpaired) electrons. The highest BCUT2D eigenvalue weighted by Gasteiger charge is 2.14. The first-order valence-electron chi connectivity index (χ1n) is 10.0. The van der Waals surface area contributed by atoms with Crippen LogP contribution in [0.4, 0.5) is 11.4 Å². The molecule has 0 atom stereocenters. The van der Waals surface area contributed by atoms with E-state index in [4.69, 9.17) is 0 Å². The summed E-state index contributed by atoms with van der Waals surface area (Å²) in [5.41, 5.74) is 3.62. The van der Waals surface area contributed by atoms with Crippen molar-refractivity contribution in [1.29, 1.82) is 0 Å². The average molecular weight is 440 g/mol. The van der Waals surface area contributed by atoms with Crippen molar-refractivity contribution in [1.82, 2.24) is 0 Å². The second kappa shape index (κ2) is 9.15. The Kier molecular flexibility index (Phi) is 5.95. The van der Waals surface area contributed by atoms with Crippen LogP contribution in [-0.4, -0.2) is 27.1 Å². The number of phenolic OH excluding ortho intramolecular Hbond substituents is 3. The fourth-order valence-corrected chi connectivity index (χ4v) is 3.22. The Labute approximate surface area is 189 Å². The number of amides is 2. The largest absolute Gasteiger partial charge is 0.504 e. The van der Waals surface area contributed by atoms with Crippen LogP contribution in [0.25, 0.3) is 11.1 Å². The normalized spacial score (nSPS) is 10.4. The molecule has 0 heterocycles. The van der Waals surface area contributed by atoms with E-state index in [9.17, 15) is 24.9 Å². The average Bonchev–Trinajstić information content (AvgIpc) is 2.83. The molecular formula is C26H20N2O5. The van der Waals surface area contributed by atoms with Gasteiger partial charge in [-0.3, -0.25) is 9.59 Å². The molecule has 0 aliphatic carbocycles. The molecule has 33 heavy (non-hydrogen) atoms. The summed E-state index contributed by atoms with van der Waals surface area (Å²) in [6, 6.07) is 25.6. The van der Waals surface area contributed by atoms with Gasteiger partial charge < -0.3 is 26.0 Å². The monoisotopic (exact) mass is 440 g/mol. The summed E-state index contributed by atoms with van der Waals surface area (Å²) in [5.74, 6) is -2.58. The van der Waals surface area contributed by atoms with E-state index in [2.05, 4.69) is 10.6 Å². The minimum absolute atomic E-state index is 0.0000141. The molecule has 0 fully saturated rings. The maximum atomic E-state index is 12.4. The van der Waals surface area contributed by atoms with Gasteiger partial charge in [0.1, 0.15) is 0 Å². The van der Waals surface area contributed by atoms with Gasteiger partial charge in [0.25, 0.3) is 11.8 Å². The van der Waals surface area contributed by atoms with Crippen molar-refractivity contribution >= 4 is 23.2 Å². The number of phenols is 3. The van der Waals surface area contributed by atoms with Gasteiger partial charge in [0.15, 0.2) is 17.2 Å². The van der Waals surface area contributed by atoms with Crippen molar-refractivity contribution in [3.8, 4) is 28.4 Å². The van der Waals surface area contributed by atoms with E-state index >= 15 is 0 Å². The highest BCUT2D eigenvalue weighted by molar-refractivity contribution is 6.05. The Morgan fingerprint density at radius 3 is 1.42 bits per heavy atom. The predicted molar refractivity (Wildman–Crippen MR) is 126 cm³/mol. The minimum atomic E-state index is -0.679. The van der Waals surface area contributed by atoms with Crippen molar-refractivity contribution in [2.45, 2.75) is 0 Å². The van der Waals surface area contributed by atoms with E-state index < -0.39 is 23.2 Å². The summed E-state index contributed by atoms with van der Waals surface area (Å²) in [6.07, 6.45) is 0. The standard InChI is InChI=1S/C26H20N2O5/c29-22-14-19(15-23(30)24(22)31)26(33)28-21-12-8-17(9-13-21)16-6-10-20(11-7-16)27-25(32)18-4-2-1-3-5-18/h1-15,29-31H,(H,27,32)(H,28,33). The number of hydrogen-bond acceptors (Lipinski definition) is 5. The van der Waals surface area contributed by atoms with E-state index in [1.165, 1.54) is 0 Å². The van der Waals surface area contributed by atoms with Gasteiger partial charge in [-0.1, -0.05) is 42.5 Å². The van der Waals surface area contributed by atoms with Gasteiger partial charge in [0.05, 0.1) is 0 Å².